The summed E-state index contributed by atoms with van der Waals surface area (Å²) < 4.78 is 6.49. The summed E-state index contributed by atoms with van der Waals surface area (Å²) in [4.78, 5) is 38.9. The van der Waals surface area contributed by atoms with E-state index in [4.69, 9.17) is 4.74 Å². The van der Waals surface area contributed by atoms with Gasteiger partial charge in [-0.2, -0.15) is 0 Å². The number of pyridine rings is 1. The van der Waals surface area contributed by atoms with Gasteiger partial charge in [-0.15, -0.1) is 0 Å². The Morgan fingerprint density at radius 1 is 1.28 bits per heavy atom. The van der Waals surface area contributed by atoms with Crippen molar-refractivity contribution in [3.05, 3.63) is 64.1 Å². The maximum atomic E-state index is 13.0. The molecule has 3 rings (SSSR count). The number of methoxy groups -OCH3 is 1. The number of aliphatic carboxylic acids is 1. The summed E-state index contributed by atoms with van der Waals surface area (Å²) in [7, 11) is 3.06. The predicted molar refractivity (Wildman–Crippen MR) is 105 cm³/mol. The molecule has 1 aromatic carbocycles. The largest absolute Gasteiger partial charge is 0.497 e. The number of carboxylic acid groups (broad SMARTS) is 1. The highest BCUT2D eigenvalue weighted by Gasteiger charge is 2.50. The minimum absolute atomic E-state index is 0.0212. The third kappa shape index (κ3) is 3.88. The molecule has 8 heteroatoms. The molecule has 29 heavy (non-hydrogen) atoms. The lowest BCUT2D eigenvalue weighted by atomic mass is 9.72. The number of aryl methyl sites for hydroxylation is 1. The fraction of sp³-hybridized carbons (Fsp3) is 0.381. The van der Waals surface area contributed by atoms with Crippen LogP contribution in [0.15, 0.2) is 47.4 Å². The van der Waals surface area contributed by atoms with E-state index in [1.54, 1.807) is 43.6 Å². The number of carboxylic acids is 1. The second kappa shape index (κ2) is 8.08. The molecule has 2 aromatic rings. The summed E-state index contributed by atoms with van der Waals surface area (Å²) in [5, 5.41) is 20.7. The van der Waals surface area contributed by atoms with E-state index >= 15 is 0 Å². The molecule has 0 unspecified atom stereocenters. The Hall–Kier alpha value is -3.13. The summed E-state index contributed by atoms with van der Waals surface area (Å²) in [5.74, 6) is -1.14. The van der Waals surface area contributed by atoms with Gasteiger partial charge >= 0.3 is 5.97 Å². The number of ether oxygens (including phenoxy) is 1. The number of carbonyl (C=O) groups is 2. The van der Waals surface area contributed by atoms with Gasteiger partial charge in [-0.3, -0.25) is 14.4 Å². The molecule has 1 aliphatic heterocycles. The minimum Gasteiger partial charge on any atom is -0.497 e. The fourth-order valence-electron chi connectivity index (χ4n) is 3.79. The van der Waals surface area contributed by atoms with E-state index in [0.717, 1.165) is 0 Å². The van der Waals surface area contributed by atoms with Crippen molar-refractivity contribution in [1.82, 2.24) is 9.47 Å². The van der Waals surface area contributed by atoms with Crippen molar-refractivity contribution >= 4 is 11.9 Å². The fourth-order valence-corrected chi connectivity index (χ4v) is 3.79. The van der Waals surface area contributed by atoms with Gasteiger partial charge in [0, 0.05) is 26.3 Å². The number of hydrogen-bond acceptors (Lipinski definition) is 5. The van der Waals surface area contributed by atoms with Gasteiger partial charge in [-0.25, -0.2) is 0 Å². The summed E-state index contributed by atoms with van der Waals surface area (Å²) in [6.07, 6.45) is 0.546. The van der Waals surface area contributed by atoms with Crippen LogP contribution in [0.5, 0.6) is 5.75 Å². The van der Waals surface area contributed by atoms with Crippen LogP contribution in [0.1, 0.15) is 22.3 Å². The van der Waals surface area contributed by atoms with E-state index in [0.29, 0.717) is 11.3 Å². The van der Waals surface area contributed by atoms with Crippen molar-refractivity contribution in [2.24, 2.45) is 12.5 Å². The third-order valence-electron chi connectivity index (χ3n) is 5.50. The van der Waals surface area contributed by atoms with Crippen LogP contribution in [0.4, 0.5) is 0 Å². The molecule has 2 atom stereocenters. The molecule has 1 saturated heterocycles. The highest BCUT2D eigenvalue weighted by Crippen LogP contribution is 2.35. The Morgan fingerprint density at radius 2 is 2.03 bits per heavy atom. The van der Waals surface area contributed by atoms with Crippen LogP contribution in [-0.2, 0) is 18.3 Å². The van der Waals surface area contributed by atoms with Crippen molar-refractivity contribution in [3.63, 3.8) is 0 Å². The Labute approximate surface area is 168 Å². The summed E-state index contributed by atoms with van der Waals surface area (Å²) in [6, 6.07) is 9.98. The molecule has 1 aromatic heterocycles. The lowest BCUT2D eigenvalue weighted by molar-refractivity contribution is -0.161. The zero-order valence-electron chi connectivity index (χ0n) is 16.4. The molecule has 8 nitrogen and oxygen atoms in total. The minimum atomic E-state index is -1.58. The average Bonchev–Trinajstić information content (AvgIpc) is 2.71. The van der Waals surface area contributed by atoms with Crippen LogP contribution in [0.2, 0.25) is 0 Å². The first-order valence-electron chi connectivity index (χ1n) is 9.28. The SMILES string of the molecule is COc1cccc(C[C@@]2(C(=O)O)CN(C(=O)c3cccn(C)c3=O)CC[C@H]2O)c1. The van der Waals surface area contributed by atoms with E-state index in [1.807, 2.05) is 0 Å². The van der Waals surface area contributed by atoms with E-state index in [2.05, 4.69) is 0 Å². The number of rotatable bonds is 5. The number of aliphatic hydroxyl groups is 1. The summed E-state index contributed by atoms with van der Waals surface area (Å²) >= 11 is 0. The molecular weight excluding hydrogens is 376 g/mol. The Bertz CT molecular complexity index is 985. The maximum absolute atomic E-state index is 13.0. The molecular formula is C21H24N2O6. The van der Waals surface area contributed by atoms with Crippen LogP contribution < -0.4 is 10.3 Å². The van der Waals surface area contributed by atoms with Crippen molar-refractivity contribution in [2.45, 2.75) is 18.9 Å². The highest BCUT2D eigenvalue weighted by molar-refractivity contribution is 5.94. The standard InChI is InChI=1S/C21H24N2O6/c1-22-9-4-7-16(18(22)25)19(26)23-10-8-17(24)21(13-23,20(27)28)12-14-5-3-6-15(11-14)29-2/h3-7,9,11,17,24H,8,10,12-13H2,1-2H3,(H,27,28)/t17-,21-/m1/s1. The van der Waals surface area contributed by atoms with Gasteiger partial charge < -0.3 is 24.4 Å². The van der Waals surface area contributed by atoms with Crippen LogP contribution >= 0.6 is 0 Å². The van der Waals surface area contributed by atoms with Crippen LogP contribution in [0, 0.1) is 5.41 Å². The molecule has 0 aliphatic carbocycles. The van der Waals surface area contributed by atoms with Crippen LogP contribution in [-0.4, -0.2) is 57.9 Å². The number of aliphatic hydroxyl groups excluding tert-OH is 1. The van der Waals surface area contributed by atoms with Gasteiger partial charge in [0.1, 0.15) is 16.7 Å². The first-order chi connectivity index (χ1) is 13.8. The predicted octanol–water partition coefficient (Wildman–Crippen LogP) is 0.914. The Kier molecular flexibility index (Phi) is 5.74. The van der Waals surface area contributed by atoms with Gasteiger partial charge in [-0.1, -0.05) is 12.1 Å². The Balaban J connectivity index is 1.94. The monoisotopic (exact) mass is 400 g/mol. The molecule has 0 saturated carbocycles. The zero-order chi connectivity index (χ0) is 21.2. The summed E-state index contributed by atoms with van der Waals surface area (Å²) in [6.45, 7) is -0.0250. The van der Waals surface area contributed by atoms with Crippen molar-refractivity contribution in [3.8, 4) is 5.75 Å². The normalized spacial score (nSPS) is 21.6. The van der Waals surface area contributed by atoms with E-state index in [-0.39, 0.29) is 31.5 Å². The summed E-state index contributed by atoms with van der Waals surface area (Å²) in [5.41, 5.74) is -1.37. The lowest BCUT2D eigenvalue weighted by Gasteiger charge is -2.43. The van der Waals surface area contributed by atoms with Gasteiger partial charge in [0.05, 0.1) is 13.2 Å². The average molecular weight is 400 g/mol. The third-order valence-corrected chi connectivity index (χ3v) is 5.50. The molecule has 2 N–H and O–H groups in total. The van der Waals surface area contributed by atoms with Crippen molar-refractivity contribution < 1.29 is 24.5 Å². The molecule has 0 spiro atoms. The molecule has 2 heterocycles. The molecule has 154 valence electrons. The molecule has 0 bridgehead atoms. The first-order valence-corrected chi connectivity index (χ1v) is 9.28. The van der Waals surface area contributed by atoms with E-state index < -0.39 is 29.0 Å². The maximum Gasteiger partial charge on any atom is 0.314 e. The quantitative estimate of drug-likeness (QED) is 0.772. The highest BCUT2D eigenvalue weighted by atomic mass is 16.5. The zero-order valence-corrected chi connectivity index (χ0v) is 16.4. The number of likely N-dealkylation sites (tertiary alicyclic amines) is 1. The number of aromatic nitrogens is 1. The number of nitrogens with zero attached hydrogens (tertiary/aromatic N) is 2. The number of amides is 1. The molecule has 1 aliphatic rings. The second-order valence-electron chi connectivity index (χ2n) is 7.36. The first kappa shape index (κ1) is 20.6. The van der Waals surface area contributed by atoms with Gasteiger partial charge in [0.15, 0.2) is 0 Å². The number of carbonyl (C=O) groups excluding carboxylic acids is 1. The smallest absolute Gasteiger partial charge is 0.314 e. The second-order valence-corrected chi connectivity index (χ2v) is 7.36. The molecule has 1 fully saturated rings. The van der Waals surface area contributed by atoms with Gasteiger partial charge in [0.25, 0.3) is 11.5 Å². The topological polar surface area (TPSA) is 109 Å². The van der Waals surface area contributed by atoms with Crippen molar-refractivity contribution in [2.75, 3.05) is 20.2 Å². The van der Waals surface area contributed by atoms with Crippen LogP contribution in [0.3, 0.4) is 0 Å². The number of benzene rings is 1. The Morgan fingerprint density at radius 3 is 2.72 bits per heavy atom. The molecule has 0 radical (unpaired) electrons. The number of hydrogen-bond donors (Lipinski definition) is 2. The number of piperidine rings is 1. The van der Waals surface area contributed by atoms with E-state index in [9.17, 15) is 24.6 Å². The lowest BCUT2D eigenvalue weighted by Crippen LogP contribution is -2.58. The van der Waals surface area contributed by atoms with Crippen molar-refractivity contribution in [1.29, 1.82) is 0 Å². The van der Waals surface area contributed by atoms with Crippen LogP contribution in [0.25, 0.3) is 0 Å². The van der Waals surface area contributed by atoms with Gasteiger partial charge in [-0.05, 0) is 42.7 Å². The molecule has 1 amide bonds. The van der Waals surface area contributed by atoms with Gasteiger partial charge in [0.2, 0.25) is 0 Å². The van der Waals surface area contributed by atoms with E-state index in [1.165, 1.54) is 22.6 Å².